The SMILES string of the molecule is COc1ccc(C(OC[C@H]2O[C@@H](n3cnc4c(=O)[nH]c(NC(=O)C(C)C)nc43)[C@H](OC)[C@@H]2OP(N)O)(c2ccccc2)c2ccccc2)cc1. The monoisotopic (exact) mass is 702 g/mol. The molecular formula is C35H39N6O8P. The van der Waals surface area contributed by atoms with Gasteiger partial charge >= 0.3 is 0 Å². The van der Waals surface area contributed by atoms with Gasteiger partial charge in [0.25, 0.3) is 14.1 Å². The second-order valence-electron chi connectivity index (χ2n) is 12.0. The van der Waals surface area contributed by atoms with Crippen LogP contribution >= 0.6 is 8.53 Å². The standard InChI is InChI=1S/C35H39N6O8P/c1-21(2)31(42)39-34-38-30-27(32(43)40-34)37-20-41(30)33-29(46-4)28(49-50(36)44)26(48-33)19-47-35(22-11-7-5-8-12-22,23-13-9-6-10-14-23)24-15-17-25(45-3)18-16-24/h5-18,20-21,26,28-29,33,44H,19,36H2,1-4H3,(H2,38,39,40,42,43)/t26-,28-,29-,33-,50?/m1/s1. The third-order valence-electron chi connectivity index (χ3n) is 8.58. The van der Waals surface area contributed by atoms with E-state index in [0.29, 0.717) is 5.75 Å². The van der Waals surface area contributed by atoms with Crippen LogP contribution in [-0.4, -0.2) is 69.5 Å². The molecule has 5 aromatic rings. The van der Waals surface area contributed by atoms with E-state index in [1.54, 1.807) is 21.0 Å². The zero-order valence-corrected chi connectivity index (χ0v) is 28.8. The third-order valence-corrected chi connectivity index (χ3v) is 9.04. The molecule has 5 N–H and O–H groups in total. The van der Waals surface area contributed by atoms with Crippen LogP contribution in [-0.2, 0) is 29.1 Å². The third kappa shape index (κ3) is 6.92. The van der Waals surface area contributed by atoms with Gasteiger partial charge in [0.05, 0.1) is 20.0 Å². The second-order valence-corrected chi connectivity index (χ2v) is 12.8. The molecule has 2 aromatic heterocycles. The van der Waals surface area contributed by atoms with Gasteiger partial charge in [0.2, 0.25) is 11.9 Å². The Bertz CT molecular complexity index is 1920. The number of methoxy groups -OCH3 is 2. The van der Waals surface area contributed by atoms with E-state index in [9.17, 15) is 14.5 Å². The van der Waals surface area contributed by atoms with Crippen LogP contribution in [0, 0.1) is 5.92 Å². The van der Waals surface area contributed by atoms with E-state index in [2.05, 4.69) is 20.3 Å². The Morgan fingerprint density at radius 3 is 2.20 bits per heavy atom. The van der Waals surface area contributed by atoms with Crippen LogP contribution in [0.15, 0.2) is 96.1 Å². The Kier molecular flexibility index (Phi) is 10.7. The van der Waals surface area contributed by atoms with Crippen molar-refractivity contribution in [2.24, 2.45) is 11.4 Å². The molecule has 1 aliphatic heterocycles. The number of H-pyrrole nitrogens is 1. The van der Waals surface area contributed by atoms with Gasteiger partial charge in [-0.05, 0) is 28.8 Å². The highest BCUT2D eigenvalue weighted by atomic mass is 31.2. The van der Waals surface area contributed by atoms with Crippen molar-refractivity contribution in [1.29, 1.82) is 0 Å². The van der Waals surface area contributed by atoms with Crippen LogP contribution in [0.25, 0.3) is 11.2 Å². The van der Waals surface area contributed by atoms with Gasteiger partial charge in [-0.25, -0.2) is 4.98 Å². The Balaban J connectivity index is 1.41. The molecule has 50 heavy (non-hydrogen) atoms. The molecule has 14 nitrogen and oxygen atoms in total. The van der Waals surface area contributed by atoms with E-state index in [1.807, 2.05) is 84.9 Å². The molecule has 6 rings (SSSR count). The van der Waals surface area contributed by atoms with Crippen molar-refractivity contribution in [1.82, 2.24) is 19.5 Å². The van der Waals surface area contributed by atoms with Gasteiger partial charge in [0, 0.05) is 13.0 Å². The number of aromatic amines is 1. The highest BCUT2D eigenvalue weighted by molar-refractivity contribution is 7.43. The number of benzene rings is 3. The number of anilines is 1. The van der Waals surface area contributed by atoms with Crippen molar-refractivity contribution in [2.75, 3.05) is 26.1 Å². The van der Waals surface area contributed by atoms with Crippen molar-refractivity contribution < 1.29 is 33.2 Å². The summed E-state index contributed by atoms with van der Waals surface area (Å²) in [6.45, 7) is 3.39. The molecular weight excluding hydrogens is 663 g/mol. The number of nitrogens with two attached hydrogens (primary N) is 1. The van der Waals surface area contributed by atoms with Crippen LogP contribution in [0.2, 0.25) is 0 Å². The first-order chi connectivity index (χ1) is 24.2. The molecule has 0 aliphatic carbocycles. The molecule has 5 atom stereocenters. The topological polar surface area (TPSA) is 185 Å². The largest absolute Gasteiger partial charge is 0.497 e. The average molecular weight is 703 g/mol. The molecule has 1 amide bonds. The lowest BCUT2D eigenvalue weighted by Crippen LogP contribution is -2.41. The number of imidazole rings is 1. The van der Waals surface area contributed by atoms with Crippen molar-refractivity contribution in [2.45, 2.75) is 44.0 Å². The molecule has 1 fully saturated rings. The fourth-order valence-corrected chi connectivity index (χ4v) is 6.64. The minimum Gasteiger partial charge on any atom is -0.497 e. The maximum absolute atomic E-state index is 13.0. The van der Waals surface area contributed by atoms with Crippen LogP contribution < -0.4 is 21.1 Å². The normalized spacial score (nSPS) is 19.9. The summed E-state index contributed by atoms with van der Waals surface area (Å²) >= 11 is 0. The number of ether oxygens (including phenoxy) is 4. The van der Waals surface area contributed by atoms with E-state index in [1.165, 1.54) is 18.0 Å². The van der Waals surface area contributed by atoms with Gasteiger partial charge in [-0.3, -0.25) is 30.0 Å². The molecule has 1 aliphatic rings. The Morgan fingerprint density at radius 1 is 1.02 bits per heavy atom. The van der Waals surface area contributed by atoms with Gasteiger partial charge in [0.15, 0.2) is 17.4 Å². The van der Waals surface area contributed by atoms with Crippen molar-refractivity contribution in [3.05, 3.63) is 118 Å². The molecule has 0 bridgehead atoms. The first-order valence-electron chi connectivity index (χ1n) is 15.9. The maximum Gasteiger partial charge on any atom is 0.280 e. The van der Waals surface area contributed by atoms with Crippen LogP contribution in [0.3, 0.4) is 0 Å². The fourth-order valence-electron chi connectivity index (χ4n) is 6.13. The van der Waals surface area contributed by atoms with Crippen molar-refractivity contribution in [3.63, 3.8) is 0 Å². The molecule has 1 saturated heterocycles. The predicted molar refractivity (Wildman–Crippen MR) is 186 cm³/mol. The van der Waals surface area contributed by atoms with E-state index < -0.39 is 44.2 Å². The number of rotatable bonds is 13. The Hall–Kier alpha value is -4.53. The second kappa shape index (κ2) is 15.2. The Labute approximate surface area is 289 Å². The number of aromatic nitrogens is 4. The summed E-state index contributed by atoms with van der Waals surface area (Å²) in [6, 6.07) is 27.3. The molecule has 0 radical (unpaired) electrons. The number of nitrogens with one attached hydrogen (secondary N) is 2. The predicted octanol–water partition coefficient (Wildman–Crippen LogP) is 4.21. The summed E-state index contributed by atoms with van der Waals surface area (Å²) in [5, 5.41) is 2.62. The number of nitrogens with zero attached hydrogens (tertiary/aromatic N) is 3. The minimum atomic E-state index is -2.36. The van der Waals surface area contributed by atoms with Gasteiger partial charge in [0.1, 0.15) is 29.7 Å². The zero-order chi connectivity index (χ0) is 35.4. The molecule has 15 heteroatoms. The summed E-state index contributed by atoms with van der Waals surface area (Å²) in [7, 11) is 0.725. The number of carbonyl (C=O) groups excluding carboxylic acids is 1. The van der Waals surface area contributed by atoms with Crippen LogP contribution in [0.5, 0.6) is 5.75 Å². The summed E-state index contributed by atoms with van der Waals surface area (Å²) in [5.41, 5.74) is 6.84. The van der Waals surface area contributed by atoms with E-state index >= 15 is 0 Å². The molecule has 3 heterocycles. The summed E-state index contributed by atoms with van der Waals surface area (Å²) in [6.07, 6.45) is -2.19. The number of hydrogen-bond donors (Lipinski definition) is 4. The first kappa shape index (κ1) is 35.3. The number of amides is 1. The molecule has 0 spiro atoms. The fraction of sp³-hybridized carbons (Fsp3) is 0.314. The number of fused-ring (bicyclic) bond motifs is 1. The van der Waals surface area contributed by atoms with E-state index in [0.717, 1.165) is 16.7 Å². The highest BCUT2D eigenvalue weighted by Gasteiger charge is 2.50. The Morgan fingerprint density at radius 2 is 1.64 bits per heavy atom. The zero-order valence-electron chi connectivity index (χ0n) is 27.9. The molecule has 262 valence electrons. The van der Waals surface area contributed by atoms with Gasteiger partial charge < -0.3 is 28.4 Å². The van der Waals surface area contributed by atoms with E-state index in [4.69, 9.17) is 29.0 Å². The number of carbonyl (C=O) groups is 1. The van der Waals surface area contributed by atoms with Crippen molar-refractivity contribution >= 4 is 31.5 Å². The smallest absolute Gasteiger partial charge is 0.280 e. The quantitative estimate of drug-likeness (QED) is 0.102. The van der Waals surface area contributed by atoms with Crippen molar-refractivity contribution in [3.8, 4) is 5.75 Å². The first-order valence-corrected chi connectivity index (χ1v) is 17.2. The minimum absolute atomic E-state index is 0.0260. The summed E-state index contributed by atoms with van der Waals surface area (Å²) in [5.74, 6) is -0.0311. The molecule has 3 aromatic carbocycles. The maximum atomic E-state index is 13.0. The highest BCUT2D eigenvalue weighted by Crippen LogP contribution is 2.44. The van der Waals surface area contributed by atoms with Crippen LogP contribution in [0.4, 0.5) is 5.95 Å². The molecule has 1 unspecified atom stereocenters. The van der Waals surface area contributed by atoms with Gasteiger partial charge in [-0.1, -0.05) is 86.6 Å². The lowest BCUT2D eigenvalue weighted by atomic mass is 9.80. The average Bonchev–Trinajstić information content (AvgIpc) is 3.70. The van der Waals surface area contributed by atoms with Gasteiger partial charge in [-0.2, -0.15) is 4.98 Å². The summed E-state index contributed by atoms with van der Waals surface area (Å²) in [4.78, 5) is 47.0. The lowest BCUT2D eigenvalue weighted by Gasteiger charge is -2.37. The summed E-state index contributed by atoms with van der Waals surface area (Å²) < 4.78 is 32.4. The molecule has 0 saturated carbocycles. The van der Waals surface area contributed by atoms with E-state index in [-0.39, 0.29) is 35.5 Å². The van der Waals surface area contributed by atoms with Crippen LogP contribution in [0.1, 0.15) is 36.8 Å². The number of hydrogen-bond acceptors (Lipinski definition) is 11. The van der Waals surface area contributed by atoms with Gasteiger partial charge in [-0.15, -0.1) is 0 Å². The lowest BCUT2D eigenvalue weighted by molar-refractivity contribution is -0.118.